The molecule has 0 radical (unpaired) electrons. The monoisotopic (exact) mass is 328 g/mol. The molecule has 0 amide bonds. The Morgan fingerprint density at radius 1 is 0.917 bits per heavy atom. The molecule has 132 valence electrons. The summed E-state index contributed by atoms with van der Waals surface area (Å²) in [6, 6.07) is 15.2. The van der Waals surface area contributed by atoms with E-state index in [-0.39, 0.29) is 5.92 Å². The Hall–Kier alpha value is -1.58. The van der Waals surface area contributed by atoms with Crippen molar-refractivity contribution in [1.82, 2.24) is 4.57 Å². The van der Waals surface area contributed by atoms with Gasteiger partial charge in [-0.05, 0) is 62.1 Å². The van der Waals surface area contributed by atoms with Crippen LogP contribution in [0.15, 0.2) is 42.5 Å². The summed E-state index contributed by atoms with van der Waals surface area (Å²) in [4.78, 5) is 0. The van der Waals surface area contributed by atoms with Crippen LogP contribution in [0.2, 0.25) is 0 Å². The van der Waals surface area contributed by atoms with E-state index in [0.717, 1.165) is 19.3 Å². The second-order valence-corrected chi connectivity index (χ2v) is 6.93. The number of aromatic nitrogens is 1. The minimum absolute atomic E-state index is 0.140. The molecule has 1 aromatic heterocycles. The van der Waals surface area contributed by atoms with Crippen LogP contribution >= 0.6 is 0 Å². The molecule has 0 saturated carbocycles. The number of hydrogen-bond donors (Lipinski definition) is 2. The summed E-state index contributed by atoms with van der Waals surface area (Å²) >= 11 is 0. The van der Waals surface area contributed by atoms with Gasteiger partial charge in [0.15, 0.2) is 0 Å². The number of benzene rings is 1. The van der Waals surface area contributed by atoms with Gasteiger partial charge in [-0.25, -0.2) is 0 Å². The molecule has 2 unspecified atom stereocenters. The number of hydrogen-bond acceptors (Lipinski definition) is 2. The SMILES string of the molecule is CC(CCc1ccc(CCCCCc2ccccc2)n1C)C(N)O. The van der Waals surface area contributed by atoms with E-state index in [1.165, 1.54) is 42.6 Å². The van der Waals surface area contributed by atoms with Gasteiger partial charge in [0.25, 0.3) is 0 Å². The largest absolute Gasteiger partial charge is 0.379 e. The summed E-state index contributed by atoms with van der Waals surface area (Å²) < 4.78 is 2.31. The second kappa shape index (κ2) is 9.65. The smallest absolute Gasteiger partial charge is 0.105 e. The molecule has 0 bridgehead atoms. The first kappa shape index (κ1) is 18.8. The van der Waals surface area contributed by atoms with Crippen LogP contribution in [0.1, 0.15) is 49.6 Å². The van der Waals surface area contributed by atoms with Gasteiger partial charge >= 0.3 is 0 Å². The van der Waals surface area contributed by atoms with E-state index in [9.17, 15) is 5.11 Å². The van der Waals surface area contributed by atoms with Crippen molar-refractivity contribution < 1.29 is 5.11 Å². The van der Waals surface area contributed by atoms with Gasteiger partial charge in [0.2, 0.25) is 0 Å². The third kappa shape index (κ3) is 5.81. The molecule has 1 aromatic carbocycles. The highest BCUT2D eigenvalue weighted by Crippen LogP contribution is 2.16. The molecule has 3 nitrogen and oxygen atoms in total. The molecule has 24 heavy (non-hydrogen) atoms. The third-order valence-electron chi connectivity index (χ3n) is 5.01. The van der Waals surface area contributed by atoms with Crippen molar-refractivity contribution in [3.8, 4) is 0 Å². The van der Waals surface area contributed by atoms with Gasteiger partial charge in [-0.15, -0.1) is 0 Å². The Bertz CT molecular complexity index is 589. The van der Waals surface area contributed by atoms with Crippen molar-refractivity contribution >= 4 is 0 Å². The predicted octanol–water partition coefficient (Wildman–Crippen LogP) is 3.83. The zero-order valence-corrected chi connectivity index (χ0v) is 15.1. The molecule has 0 fully saturated rings. The molecule has 0 aliphatic heterocycles. The van der Waals surface area contributed by atoms with E-state index < -0.39 is 6.23 Å². The van der Waals surface area contributed by atoms with E-state index >= 15 is 0 Å². The van der Waals surface area contributed by atoms with Crippen molar-refractivity contribution in [2.45, 2.75) is 58.1 Å². The van der Waals surface area contributed by atoms with Crippen LogP contribution in [0.3, 0.4) is 0 Å². The molecule has 1 heterocycles. The van der Waals surface area contributed by atoms with E-state index in [4.69, 9.17) is 5.73 Å². The van der Waals surface area contributed by atoms with Gasteiger partial charge in [0.05, 0.1) is 0 Å². The number of rotatable bonds is 10. The average Bonchev–Trinajstić information content (AvgIpc) is 2.93. The lowest BCUT2D eigenvalue weighted by molar-refractivity contribution is 0.118. The number of aliphatic hydroxyl groups excluding tert-OH is 1. The summed E-state index contributed by atoms with van der Waals surface area (Å²) in [5.74, 6) is 0.140. The average molecular weight is 328 g/mol. The molecule has 3 N–H and O–H groups in total. The molecular weight excluding hydrogens is 296 g/mol. The summed E-state index contributed by atoms with van der Waals surface area (Å²) in [6.07, 6.45) is 7.26. The standard InChI is InChI=1S/C21H32N2O/c1-17(21(22)24)13-14-20-16-15-19(23(20)2)12-8-4-7-11-18-9-5-3-6-10-18/h3,5-6,9-10,15-17,21,24H,4,7-8,11-14,22H2,1-2H3. The highest BCUT2D eigenvalue weighted by molar-refractivity contribution is 5.17. The van der Waals surface area contributed by atoms with Gasteiger partial charge < -0.3 is 15.4 Å². The van der Waals surface area contributed by atoms with Crippen molar-refractivity contribution in [2.24, 2.45) is 18.7 Å². The first-order chi connectivity index (χ1) is 11.6. The molecule has 2 aromatic rings. The third-order valence-corrected chi connectivity index (χ3v) is 5.01. The number of aliphatic hydroxyl groups is 1. The number of nitrogens with two attached hydrogens (primary N) is 1. The first-order valence-electron chi connectivity index (χ1n) is 9.19. The van der Waals surface area contributed by atoms with Crippen LogP contribution in [0.5, 0.6) is 0 Å². The maximum Gasteiger partial charge on any atom is 0.105 e. The van der Waals surface area contributed by atoms with Crippen LogP contribution < -0.4 is 5.73 Å². The lowest BCUT2D eigenvalue weighted by Gasteiger charge is -2.15. The topological polar surface area (TPSA) is 51.2 Å². The number of aryl methyl sites for hydroxylation is 3. The zero-order valence-electron chi connectivity index (χ0n) is 15.1. The Labute approximate surface area is 146 Å². The van der Waals surface area contributed by atoms with Gasteiger partial charge in [0, 0.05) is 18.4 Å². The fourth-order valence-corrected chi connectivity index (χ4v) is 3.11. The molecule has 2 rings (SSSR count). The quantitative estimate of drug-likeness (QED) is 0.514. The van der Waals surface area contributed by atoms with E-state index in [1.807, 2.05) is 6.92 Å². The maximum absolute atomic E-state index is 9.39. The summed E-state index contributed by atoms with van der Waals surface area (Å²) in [5.41, 5.74) is 9.71. The predicted molar refractivity (Wildman–Crippen MR) is 101 cm³/mol. The van der Waals surface area contributed by atoms with Crippen molar-refractivity contribution in [1.29, 1.82) is 0 Å². The molecule has 2 atom stereocenters. The number of unbranched alkanes of at least 4 members (excludes halogenated alkanes) is 2. The van der Waals surface area contributed by atoms with Crippen LogP contribution in [-0.2, 0) is 26.3 Å². The van der Waals surface area contributed by atoms with Crippen LogP contribution in [0.4, 0.5) is 0 Å². The minimum Gasteiger partial charge on any atom is -0.379 e. The Morgan fingerprint density at radius 3 is 2.21 bits per heavy atom. The van der Waals surface area contributed by atoms with E-state index in [2.05, 4.69) is 54.1 Å². The number of nitrogens with zero attached hydrogens (tertiary/aromatic N) is 1. The lowest BCUT2D eigenvalue weighted by Crippen LogP contribution is -2.27. The van der Waals surface area contributed by atoms with E-state index in [1.54, 1.807) is 0 Å². The first-order valence-corrected chi connectivity index (χ1v) is 9.19. The van der Waals surface area contributed by atoms with Crippen molar-refractivity contribution in [3.05, 3.63) is 59.4 Å². The van der Waals surface area contributed by atoms with Gasteiger partial charge in [-0.2, -0.15) is 0 Å². The lowest BCUT2D eigenvalue weighted by atomic mass is 10.0. The van der Waals surface area contributed by atoms with Crippen LogP contribution in [-0.4, -0.2) is 15.9 Å². The van der Waals surface area contributed by atoms with Crippen LogP contribution in [0, 0.1) is 5.92 Å². The van der Waals surface area contributed by atoms with Crippen LogP contribution in [0.25, 0.3) is 0 Å². The van der Waals surface area contributed by atoms with Crippen molar-refractivity contribution in [3.63, 3.8) is 0 Å². The van der Waals surface area contributed by atoms with Gasteiger partial charge in [0.1, 0.15) is 6.23 Å². The normalized spacial score (nSPS) is 13.8. The molecule has 3 heteroatoms. The summed E-state index contributed by atoms with van der Waals surface area (Å²) in [7, 11) is 2.15. The summed E-state index contributed by atoms with van der Waals surface area (Å²) in [6.45, 7) is 2.00. The fourth-order valence-electron chi connectivity index (χ4n) is 3.11. The minimum atomic E-state index is -0.714. The molecule has 0 spiro atoms. The van der Waals surface area contributed by atoms with E-state index in [0.29, 0.717) is 0 Å². The second-order valence-electron chi connectivity index (χ2n) is 6.93. The van der Waals surface area contributed by atoms with Crippen molar-refractivity contribution in [2.75, 3.05) is 0 Å². The van der Waals surface area contributed by atoms with Gasteiger partial charge in [-0.1, -0.05) is 43.7 Å². The van der Waals surface area contributed by atoms with Gasteiger partial charge in [-0.3, -0.25) is 0 Å². The summed E-state index contributed by atoms with van der Waals surface area (Å²) in [5, 5.41) is 9.39. The molecule has 0 aliphatic carbocycles. The Kier molecular flexibility index (Phi) is 7.54. The highest BCUT2D eigenvalue weighted by Gasteiger charge is 2.11. The Morgan fingerprint density at radius 2 is 1.54 bits per heavy atom. The fraction of sp³-hybridized carbons (Fsp3) is 0.524. The molecule has 0 aliphatic rings. The highest BCUT2D eigenvalue weighted by atomic mass is 16.3. The molecule has 0 saturated heterocycles. The maximum atomic E-state index is 9.39. The Balaban J connectivity index is 1.69. The zero-order chi connectivity index (χ0) is 17.4. The molecular formula is C21H32N2O.